The van der Waals surface area contributed by atoms with E-state index in [1.807, 2.05) is 46.9 Å². The van der Waals surface area contributed by atoms with Crippen LogP contribution in [0.15, 0.2) is 70.7 Å². The van der Waals surface area contributed by atoms with Crippen LogP contribution >= 0.6 is 45.6 Å². The maximum absolute atomic E-state index is 10.7. The minimum atomic E-state index is -0.0870. The maximum Gasteiger partial charge on any atom is 0.179 e. The molecule has 3 atom stereocenters. The fourth-order valence-corrected chi connectivity index (χ4v) is 13.4. The Morgan fingerprint density at radius 1 is 0.656 bits per heavy atom. The van der Waals surface area contributed by atoms with Crippen molar-refractivity contribution >= 4 is 45.6 Å². The van der Waals surface area contributed by atoms with E-state index in [2.05, 4.69) is 49.5 Å². The molecule has 0 fully saturated rings. The molecule has 4 N–H and O–H groups in total. The van der Waals surface area contributed by atoms with Gasteiger partial charge in [-0.2, -0.15) is 0 Å². The van der Waals surface area contributed by atoms with Crippen molar-refractivity contribution in [1.29, 1.82) is 0 Å². The first-order valence-electron chi connectivity index (χ1n) is 20.9. The molecule has 0 radical (unpaired) electrons. The third-order valence-electron chi connectivity index (χ3n) is 12.8. The van der Waals surface area contributed by atoms with Crippen molar-refractivity contribution in [2.45, 2.75) is 63.1 Å². The van der Waals surface area contributed by atoms with Crippen LogP contribution in [0.5, 0.6) is 34.5 Å². The summed E-state index contributed by atoms with van der Waals surface area (Å²) in [5.74, 6) is 2.19. The highest BCUT2D eigenvalue weighted by atomic mass is 35.5. The second-order valence-corrected chi connectivity index (χ2v) is 19.7. The van der Waals surface area contributed by atoms with E-state index in [-0.39, 0.29) is 35.0 Å². The van der Waals surface area contributed by atoms with E-state index in [1.54, 1.807) is 37.7 Å². The van der Waals surface area contributed by atoms with Crippen molar-refractivity contribution in [2.24, 2.45) is 0 Å². The minimum Gasteiger partial charge on any atom is -0.504 e. The number of aromatic hydroxyl groups is 3. The lowest BCUT2D eigenvalue weighted by molar-refractivity contribution is 0.237. The van der Waals surface area contributed by atoms with Crippen molar-refractivity contribution in [3.05, 3.63) is 135 Å². The van der Waals surface area contributed by atoms with E-state index in [9.17, 15) is 15.3 Å². The van der Waals surface area contributed by atoms with Gasteiger partial charge in [0.1, 0.15) is 0 Å². The first kappa shape index (κ1) is 42.1. The van der Waals surface area contributed by atoms with Crippen molar-refractivity contribution in [3.8, 4) is 34.5 Å². The molecule has 3 aromatic carbocycles. The summed E-state index contributed by atoms with van der Waals surface area (Å²) in [6.45, 7) is 7.29. The molecule has 0 saturated heterocycles. The van der Waals surface area contributed by atoms with Gasteiger partial charge in [0.05, 0.1) is 26.4 Å². The highest BCUT2D eigenvalue weighted by Gasteiger charge is 2.33. The summed E-state index contributed by atoms with van der Waals surface area (Å²) in [6, 6.07) is 17.6. The van der Waals surface area contributed by atoms with Gasteiger partial charge < -0.3 is 34.8 Å². The molecule has 0 amide bonds. The van der Waals surface area contributed by atoms with Crippen molar-refractivity contribution < 1.29 is 29.5 Å². The Balaban J connectivity index is 0.910. The van der Waals surface area contributed by atoms with Crippen LogP contribution in [0.2, 0.25) is 5.02 Å². The fourth-order valence-electron chi connectivity index (χ4n) is 9.84. The van der Waals surface area contributed by atoms with Crippen LogP contribution in [0.1, 0.15) is 89.7 Å². The monoisotopic (exact) mass is 897 g/mol. The number of halogens is 1. The van der Waals surface area contributed by atoms with Gasteiger partial charge in [-0.05, 0) is 142 Å². The predicted octanol–water partition coefficient (Wildman–Crippen LogP) is 10.1. The lowest BCUT2D eigenvalue weighted by Gasteiger charge is -2.35. The molecule has 3 unspecified atom stereocenters. The predicted molar refractivity (Wildman–Crippen MR) is 246 cm³/mol. The standard InChI is InChI=1S/C48H52ClN3O6S3/c1-56-41-11-9-29(19-42(41)57-2)36-23-52(14-4-6-30-26-60-43-21-50-20-34(46(30)43)28-8-10-38(53)39(54)17-28)25-45-47(36)31(27-61-45)7-5-13-51-22-35(33-12-15-59-44(33)24-51)32-16-37(49)48(58-3)40(55)18-32/h8-12,15-19,26-27,34-36,50,53-55H,4-7,13-14,20-25H2,1-3H3. The fraction of sp³-hybridized carbons (Fsp3) is 0.375. The van der Waals surface area contributed by atoms with E-state index in [0.717, 1.165) is 101 Å². The van der Waals surface area contributed by atoms with Gasteiger partial charge in [-0.1, -0.05) is 23.7 Å². The van der Waals surface area contributed by atoms with Crippen LogP contribution in [-0.2, 0) is 32.5 Å². The quantitative estimate of drug-likeness (QED) is 0.0796. The molecule has 3 aliphatic heterocycles. The van der Waals surface area contributed by atoms with Crippen LogP contribution in [-0.4, -0.2) is 79.2 Å². The smallest absolute Gasteiger partial charge is 0.179 e. The number of phenols is 3. The highest BCUT2D eigenvalue weighted by Crippen LogP contribution is 2.45. The van der Waals surface area contributed by atoms with Crippen molar-refractivity contribution in [3.63, 3.8) is 0 Å². The molecule has 0 bridgehead atoms. The average Bonchev–Trinajstić information content (AvgIpc) is 4.03. The number of nitrogens with one attached hydrogen (secondary N) is 1. The molecule has 0 aliphatic carbocycles. The number of hydrogen-bond acceptors (Lipinski definition) is 12. The van der Waals surface area contributed by atoms with E-state index >= 15 is 0 Å². The molecule has 6 heterocycles. The van der Waals surface area contributed by atoms with Gasteiger partial charge in [0, 0.05) is 71.7 Å². The van der Waals surface area contributed by atoms with Gasteiger partial charge in [-0.3, -0.25) is 9.80 Å². The molecular weight excluding hydrogens is 846 g/mol. The lowest BCUT2D eigenvalue weighted by atomic mass is 9.84. The molecule has 9 rings (SSSR count). The van der Waals surface area contributed by atoms with Crippen LogP contribution in [0.4, 0.5) is 0 Å². The van der Waals surface area contributed by atoms with Crippen LogP contribution in [0.3, 0.4) is 0 Å². The Kier molecular flexibility index (Phi) is 12.6. The zero-order valence-electron chi connectivity index (χ0n) is 34.7. The van der Waals surface area contributed by atoms with Gasteiger partial charge in [-0.25, -0.2) is 0 Å². The van der Waals surface area contributed by atoms with Gasteiger partial charge in [0.2, 0.25) is 0 Å². The summed E-state index contributed by atoms with van der Waals surface area (Å²) < 4.78 is 16.8. The number of ether oxygens (including phenoxy) is 3. The Morgan fingerprint density at radius 3 is 2.02 bits per heavy atom. The number of thiophene rings is 3. The normalized spacial score (nSPS) is 19.0. The molecular formula is C48H52ClN3O6S3. The van der Waals surface area contributed by atoms with Crippen LogP contribution in [0.25, 0.3) is 0 Å². The number of methoxy groups -OCH3 is 3. The van der Waals surface area contributed by atoms with Gasteiger partial charge in [0.25, 0.3) is 0 Å². The van der Waals surface area contributed by atoms with E-state index in [4.69, 9.17) is 25.8 Å². The third-order valence-corrected chi connectivity index (χ3v) is 16.1. The van der Waals surface area contributed by atoms with Crippen LogP contribution < -0.4 is 19.5 Å². The number of fused-ring (bicyclic) bond motifs is 3. The molecule has 13 heteroatoms. The zero-order valence-corrected chi connectivity index (χ0v) is 37.9. The number of benzene rings is 3. The first-order chi connectivity index (χ1) is 29.7. The summed E-state index contributed by atoms with van der Waals surface area (Å²) in [5.41, 5.74) is 10.3. The second kappa shape index (κ2) is 18.2. The maximum atomic E-state index is 10.7. The van der Waals surface area contributed by atoms with Crippen molar-refractivity contribution in [2.75, 3.05) is 54.1 Å². The largest absolute Gasteiger partial charge is 0.504 e. The minimum absolute atomic E-state index is 0.0709. The average molecular weight is 899 g/mol. The van der Waals surface area contributed by atoms with Gasteiger partial charge >= 0.3 is 0 Å². The number of nitrogens with zero attached hydrogens (tertiary/aromatic N) is 2. The number of rotatable bonds is 14. The molecule has 0 saturated carbocycles. The Hall–Kier alpha value is -4.27. The SMILES string of the molecule is COc1ccc(C2CN(CCCc3csc4c3C(c3ccc(O)c(O)c3)CNC4)Cc3scc(CCCN4Cc5sccc5C(c5cc(O)c(OC)c(Cl)c5)C4)c32)cc1OC. The first-order valence-corrected chi connectivity index (χ1v) is 23.9. The Labute approximate surface area is 374 Å². The molecule has 320 valence electrons. The summed E-state index contributed by atoms with van der Waals surface area (Å²) in [7, 11) is 4.92. The molecule has 61 heavy (non-hydrogen) atoms. The molecule has 3 aliphatic rings. The number of phenolic OH excluding ortho intramolecular Hbond substituents is 3. The van der Waals surface area contributed by atoms with E-state index in [1.165, 1.54) is 55.1 Å². The van der Waals surface area contributed by atoms with E-state index in [0.29, 0.717) is 10.8 Å². The highest BCUT2D eigenvalue weighted by molar-refractivity contribution is 7.10. The lowest BCUT2D eigenvalue weighted by Crippen LogP contribution is -2.35. The van der Waals surface area contributed by atoms with Gasteiger partial charge in [0.15, 0.2) is 34.5 Å². The summed E-state index contributed by atoms with van der Waals surface area (Å²) in [6.07, 6.45) is 4.07. The Bertz CT molecular complexity index is 2490. The molecule has 6 aromatic rings. The Morgan fingerprint density at radius 2 is 1.31 bits per heavy atom. The summed E-state index contributed by atoms with van der Waals surface area (Å²) in [4.78, 5) is 9.38. The molecule has 3 aromatic heterocycles. The topological polar surface area (TPSA) is 107 Å². The third kappa shape index (κ3) is 8.48. The molecule has 9 nitrogen and oxygen atoms in total. The second-order valence-electron chi connectivity index (χ2n) is 16.4. The molecule has 0 spiro atoms. The van der Waals surface area contributed by atoms with Crippen LogP contribution in [0, 0.1) is 0 Å². The number of hydrogen-bond donors (Lipinski definition) is 4. The van der Waals surface area contributed by atoms with E-state index < -0.39 is 0 Å². The number of aryl methyl sites for hydroxylation is 2. The summed E-state index contributed by atoms with van der Waals surface area (Å²) in [5, 5.41) is 41.9. The zero-order chi connectivity index (χ0) is 42.2. The van der Waals surface area contributed by atoms with Crippen molar-refractivity contribution in [1.82, 2.24) is 15.1 Å². The summed E-state index contributed by atoms with van der Waals surface area (Å²) >= 11 is 12.1. The van der Waals surface area contributed by atoms with Gasteiger partial charge in [-0.15, -0.1) is 34.0 Å².